The zero-order valence-corrected chi connectivity index (χ0v) is 14.1. The van der Waals surface area contributed by atoms with Gasteiger partial charge in [0.25, 0.3) is 0 Å². The third kappa shape index (κ3) is 2.67. The fraction of sp³-hybridized carbons (Fsp3) is 0.812. The summed E-state index contributed by atoms with van der Waals surface area (Å²) in [6.45, 7) is 3.36. The van der Waals surface area contributed by atoms with Crippen LogP contribution in [0.3, 0.4) is 0 Å². The van der Waals surface area contributed by atoms with E-state index in [4.69, 9.17) is 15.0 Å². The molecule has 132 valence electrons. The quantitative estimate of drug-likeness (QED) is 0.798. The van der Waals surface area contributed by atoms with E-state index >= 15 is 0 Å². The Morgan fingerprint density at radius 2 is 2.08 bits per heavy atom. The molecule has 0 unspecified atom stereocenters. The van der Waals surface area contributed by atoms with Gasteiger partial charge in [-0.25, -0.2) is 4.79 Å². The molecule has 4 rings (SSSR count). The summed E-state index contributed by atoms with van der Waals surface area (Å²) in [7, 11) is 0. The van der Waals surface area contributed by atoms with Crippen LogP contribution in [0.5, 0.6) is 0 Å². The van der Waals surface area contributed by atoms with E-state index in [-0.39, 0.29) is 30.1 Å². The molecule has 1 aromatic heterocycles. The van der Waals surface area contributed by atoms with E-state index in [0.29, 0.717) is 24.9 Å². The first-order valence-electron chi connectivity index (χ1n) is 8.99. The highest BCUT2D eigenvalue weighted by Crippen LogP contribution is 2.40. The molecule has 2 N–H and O–H groups in total. The first-order valence-corrected chi connectivity index (χ1v) is 8.99. The van der Waals surface area contributed by atoms with Crippen LogP contribution < -0.4 is 5.73 Å². The number of hydrogen-bond donors (Lipinski definition) is 1. The van der Waals surface area contributed by atoms with Crippen molar-refractivity contribution < 1.29 is 14.0 Å². The standard InChI is InChI=1S/C16H25N5O3/c1-2-3-6-23-21-12-4-5-13(20(9-12)16(21)22)15-19-18-14(24-15)10-7-11(17)8-10/h10-13H,2-9,17H2,1H3/t10-,11-,12-,13-/m0/s1. The van der Waals surface area contributed by atoms with Crippen molar-refractivity contribution in [2.75, 3.05) is 13.2 Å². The number of piperidine rings is 1. The number of hydroxylamine groups is 2. The topological polar surface area (TPSA) is 97.7 Å². The monoisotopic (exact) mass is 335 g/mol. The van der Waals surface area contributed by atoms with E-state index in [0.717, 1.165) is 38.5 Å². The average Bonchev–Trinajstić information content (AvgIpc) is 3.12. The van der Waals surface area contributed by atoms with Gasteiger partial charge in [-0.3, -0.25) is 4.84 Å². The number of nitrogens with zero attached hydrogens (tertiary/aromatic N) is 4. The average molecular weight is 335 g/mol. The molecule has 8 heteroatoms. The van der Waals surface area contributed by atoms with Crippen LogP contribution in [0.1, 0.15) is 69.2 Å². The zero-order valence-electron chi connectivity index (χ0n) is 14.1. The fourth-order valence-corrected chi connectivity index (χ4v) is 3.77. The zero-order chi connectivity index (χ0) is 16.7. The molecule has 2 aliphatic heterocycles. The summed E-state index contributed by atoms with van der Waals surface area (Å²) in [6.07, 6.45) is 5.53. The first kappa shape index (κ1) is 15.8. The van der Waals surface area contributed by atoms with Gasteiger partial charge < -0.3 is 15.1 Å². The highest BCUT2D eigenvalue weighted by molar-refractivity contribution is 5.77. The summed E-state index contributed by atoms with van der Waals surface area (Å²) in [5.41, 5.74) is 5.83. The van der Waals surface area contributed by atoms with E-state index in [1.807, 2.05) is 4.90 Å². The van der Waals surface area contributed by atoms with Crippen molar-refractivity contribution >= 4 is 6.03 Å². The van der Waals surface area contributed by atoms with Crippen molar-refractivity contribution in [2.24, 2.45) is 5.73 Å². The van der Waals surface area contributed by atoms with Gasteiger partial charge >= 0.3 is 6.03 Å². The first-order chi connectivity index (χ1) is 11.7. The maximum Gasteiger partial charge on any atom is 0.345 e. The van der Waals surface area contributed by atoms with Gasteiger partial charge in [0.2, 0.25) is 11.8 Å². The Bertz CT molecular complexity index is 600. The minimum absolute atomic E-state index is 0.0796. The van der Waals surface area contributed by atoms with Gasteiger partial charge in [0.15, 0.2) is 0 Å². The highest BCUT2D eigenvalue weighted by Gasteiger charge is 2.48. The Kier molecular flexibility index (Phi) is 4.17. The van der Waals surface area contributed by atoms with E-state index < -0.39 is 0 Å². The molecule has 0 radical (unpaired) electrons. The summed E-state index contributed by atoms with van der Waals surface area (Å²) < 4.78 is 5.88. The minimum Gasteiger partial charge on any atom is -0.423 e. The van der Waals surface area contributed by atoms with Gasteiger partial charge in [-0.15, -0.1) is 10.2 Å². The molecule has 2 bridgehead atoms. The number of amides is 2. The highest BCUT2D eigenvalue weighted by atomic mass is 16.7. The summed E-state index contributed by atoms with van der Waals surface area (Å²) >= 11 is 0. The predicted molar refractivity (Wildman–Crippen MR) is 84.8 cm³/mol. The molecule has 8 nitrogen and oxygen atoms in total. The lowest BCUT2D eigenvalue weighted by Gasteiger charge is -2.29. The molecule has 3 heterocycles. The van der Waals surface area contributed by atoms with Crippen LogP contribution in [0.4, 0.5) is 4.79 Å². The number of carbonyl (C=O) groups is 1. The Balaban J connectivity index is 1.43. The molecule has 2 saturated heterocycles. The predicted octanol–water partition coefficient (Wildman–Crippen LogP) is 1.95. The van der Waals surface area contributed by atoms with Gasteiger partial charge in [-0.2, -0.15) is 5.06 Å². The number of fused-ring (bicyclic) bond motifs is 2. The number of hydrogen-bond acceptors (Lipinski definition) is 6. The van der Waals surface area contributed by atoms with E-state index in [9.17, 15) is 4.79 Å². The SMILES string of the molecule is CCCCON1C(=O)N2C[C@@H]1CC[C@H]2c1nnc([C@H]2C[C@H](N)C2)o1. The van der Waals surface area contributed by atoms with Crippen LogP contribution in [0, 0.1) is 0 Å². The number of aromatic nitrogens is 2. The molecule has 1 aromatic rings. The molecule has 1 saturated carbocycles. The summed E-state index contributed by atoms with van der Waals surface area (Å²) in [5.74, 6) is 1.49. The normalized spacial score (nSPS) is 32.3. The van der Waals surface area contributed by atoms with E-state index in [1.165, 1.54) is 0 Å². The summed E-state index contributed by atoms with van der Waals surface area (Å²) in [5, 5.41) is 9.94. The lowest BCUT2D eigenvalue weighted by molar-refractivity contribution is -0.130. The van der Waals surface area contributed by atoms with Crippen molar-refractivity contribution in [3.63, 3.8) is 0 Å². The largest absolute Gasteiger partial charge is 0.423 e. The number of nitrogens with two attached hydrogens (primary N) is 1. The van der Waals surface area contributed by atoms with E-state index in [2.05, 4.69) is 17.1 Å². The third-order valence-electron chi connectivity index (χ3n) is 5.32. The third-order valence-corrected chi connectivity index (χ3v) is 5.32. The maximum atomic E-state index is 12.6. The number of carbonyl (C=O) groups excluding carboxylic acids is 1. The van der Waals surface area contributed by atoms with Crippen molar-refractivity contribution in [3.8, 4) is 0 Å². The van der Waals surface area contributed by atoms with Crippen molar-refractivity contribution in [1.29, 1.82) is 0 Å². The van der Waals surface area contributed by atoms with Crippen molar-refractivity contribution in [3.05, 3.63) is 11.8 Å². The van der Waals surface area contributed by atoms with Crippen LogP contribution in [-0.4, -0.2) is 51.4 Å². The molecule has 24 heavy (non-hydrogen) atoms. The van der Waals surface area contributed by atoms with Crippen molar-refractivity contribution in [2.45, 2.75) is 69.5 Å². The van der Waals surface area contributed by atoms with Gasteiger partial charge in [-0.1, -0.05) is 13.3 Å². The summed E-state index contributed by atoms with van der Waals surface area (Å²) in [6, 6.07) is 0.167. The number of unbranched alkanes of at least 4 members (excludes halogenated alkanes) is 1. The Morgan fingerprint density at radius 3 is 2.83 bits per heavy atom. The molecular formula is C16H25N5O3. The maximum absolute atomic E-state index is 12.6. The molecule has 0 spiro atoms. The van der Waals surface area contributed by atoms with Gasteiger partial charge in [-0.05, 0) is 32.1 Å². The smallest absolute Gasteiger partial charge is 0.345 e. The summed E-state index contributed by atoms with van der Waals surface area (Å²) in [4.78, 5) is 20.1. The van der Waals surface area contributed by atoms with Gasteiger partial charge in [0, 0.05) is 18.5 Å². The van der Waals surface area contributed by atoms with Crippen LogP contribution >= 0.6 is 0 Å². The van der Waals surface area contributed by atoms with Crippen LogP contribution in [0.15, 0.2) is 4.42 Å². The second kappa shape index (κ2) is 6.33. The second-order valence-corrected chi connectivity index (χ2v) is 7.10. The Hall–Kier alpha value is -1.67. The molecule has 1 aliphatic carbocycles. The number of urea groups is 1. The minimum atomic E-state index is -0.136. The van der Waals surface area contributed by atoms with Crippen LogP contribution in [-0.2, 0) is 4.84 Å². The molecule has 2 amide bonds. The Labute approximate surface area is 141 Å². The van der Waals surface area contributed by atoms with E-state index in [1.54, 1.807) is 5.06 Å². The molecular weight excluding hydrogens is 310 g/mol. The molecule has 3 fully saturated rings. The number of rotatable bonds is 6. The molecule has 2 atom stereocenters. The molecule has 3 aliphatic rings. The van der Waals surface area contributed by atoms with Gasteiger partial charge in [0.1, 0.15) is 6.04 Å². The molecule has 0 aromatic carbocycles. The second-order valence-electron chi connectivity index (χ2n) is 7.10. The van der Waals surface area contributed by atoms with Crippen LogP contribution in [0.2, 0.25) is 0 Å². The lowest BCUT2D eigenvalue weighted by atomic mass is 9.81. The Morgan fingerprint density at radius 1 is 1.29 bits per heavy atom. The van der Waals surface area contributed by atoms with Crippen LogP contribution in [0.25, 0.3) is 0 Å². The lowest BCUT2D eigenvalue weighted by Crippen LogP contribution is -2.35. The van der Waals surface area contributed by atoms with Crippen molar-refractivity contribution in [1.82, 2.24) is 20.2 Å². The van der Waals surface area contributed by atoms with Gasteiger partial charge in [0.05, 0.1) is 12.6 Å². The fourth-order valence-electron chi connectivity index (χ4n) is 3.77.